The summed E-state index contributed by atoms with van der Waals surface area (Å²) in [6.45, 7) is -1.57. The van der Waals surface area contributed by atoms with E-state index in [1.165, 1.54) is 0 Å². The number of benzene rings is 1. The van der Waals surface area contributed by atoms with Crippen LogP contribution in [0.5, 0.6) is 0 Å². The predicted molar refractivity (Wildman–Crippen MR) is 45.3 cm³/mol. The van der Waals surface area contributed by atoms with Crippen molar-refractivity contribution in [1.82, 2.24) is 0 Å². The summed E-state index contributed by atoms with van der Waals surface area (Å²) >= 11 is 0. The van der Waals surface area contributed by atoms with Crippen molar-refractivity contribution in [1.29, 1.82) is 0 Å². The third-order valence-electron chi connectivity index (χ3n) is 2.03. The van der Waals surface area contributed by atoms with E-state index in [2.05, 4.69) is 0 Å². The molecule has 0 aliphatic rings. The second-order valence-corrected chi connectivity index (χ2v) is 3.20. The Hall–Kier alpha value is -1.21. The zero-order valence-corrected chi connectivity index (χ0v) is 7.85. The van der Waals surface area contributed by atoms with Crippen molar-refractivity contribution in [3.8, 4) is 0 Å². The second kappa shape index (κ2) is 4.34. The van der Waals surface area contributed by atoms with Gasteiger partial charge < -0.3 is 10.8 Å². The summed E-state index contributed by atoms with van der Waals surface area (Å²) in [5, 5.41) is 8.33. The lowest BCUT2D eigenvalue weighted by Crippen LogP contribution is -2.36. The molecule has 0 unspecified atom stereocenters. The van der Waals surface area contributed by atoms with Gasteiger partial charge in [0.15, 0.2) is 17.5 Å². The van der Waals surface area contributed by atoms with Crippen molar-refractivity contribution in [2.75, 3.05) is 6.61 Å². The number of rotatable bonds is 3. The lowest BCUT2D eigenvalue weighted by molar-refractivity contribution is -0.0713. The first-order valence-corrected chi connectivity index (χ1v) is 4.18. The van der Waals surface area contributed by atoms with E-state index in [4.69, 9.17) is 10.8 Å². The highest BCUT2D eigenvalue weighted by atomic mass is 19.3. The molecule has 90 valence electrons. The first-order valence-electron chi connectivity index (χ1n) is 4.18. The number of hydrogen-bond donors (Lipinski definition) is 2. The summed E-state index contributed by atoms with van der Waals surface area (Å²) in [4.78, 5) is 0. The maximum absolute atomic E-state index is 12.9. The number of aliphatic hydroxyl groups is 1. The fourth-order valence-corrected chi connectivity index (χ4v) is 1.10. The van der Waals surface area contributed by atoms with Crippen LogP contribution in [0.15, 0.2) is 12.1 Å². The smallest absolute Gasteiger partial charge is 0.289 e. The zero-order valence-electron chi connectivity index (χ0n) is 7.85. The Morgan fingerprint density at radius 1 is 1.19 bits per heavy atom. The highest BCUT2D eigenvalue weighted by Crippen LogP contribution is 2.30. The van der Waals surface area contributed by atoms with Gasteiger partial charge in [-0.15, -0.1) is 0 Å². The van der Waals surface area contributed by atoms with E-state index in [0.717, 1.165) is 0 Å². The molecule has 7 heteroatoms. The molecule has 1 rings (SSSR count). The SMILES string of the molecule is N[C@@H](c1cc(F)c(F)c(F)c1)C(F)(F)CO. The molecule has 16 heavy (non-hydrogen) atoms. The van der Waals surface area contributed by atoms with Gasteiger partial charge in [0.2, 0.25) is 0 Å². The van der Waals surface area contributed by atoms with Crippen molar-refractivity contribution in [2.45, 2.75) is 12.0 Å². The molecule has 1 aromatic carbocycles. The first kappa shape index (κ1) is 12.9. The molecule has 1 atom stereocenters. The predicted octanol–water partition coefficient (Wildman–Crippen LogP) is 1.73. The second-order valence-electron chi connectivity index (χ2n) is 3.20. The molecule has 0 aromatic heterocycles. The van der Waals surface area contributed by atoms with Crippen molar-refractivity contribution >= 4 is 0 Å². The molecule has 0 saturated heterocycles. The van der Waals surface area contributed by atoms with Gasteiger partial charge in [-0.3, -0.25) is 0 Å². The van der Waals surface area contributed by atoms with Crippen LogP contribution in [-0.2, 0) is 0 Å². The fraction of sp³-hybridized carbons (Fsp3) is 0.333. The number of nitrogens with two attached hydrogens (primary N) is 1. The van der Waals surface area contributed by atoms with Crippen molar-refractivity contribution in [3.63, 3.8) is 0 Å². The fourth-order valence-electron chi connectivity index (χ4n) is 1.10. The first-order chi connectivity index (χ1) is 7.29. The molecule has 0 heterocycles. The molecule has 0 amide bonds. The van der Waals surface area contributed by atoms with Gasteiger partial charge in [0.05, 0.1) is 6.04 Å². The van der Waals surface area contributed by atoms with Gasteiger partial charge in [0.25, 0.3) is 5.92 Å². The van der Waals surface area contributed by atoms with Gasteiger partial charge in [-0.05, 0) is 17.7 Å². The summed E-state index contributed by atoms with van der Waals surface area (Å²) in [5.41, 5.74) is 4.38. The van der Waals surface area contributed by atoms with E-state index in [0.29, 0.717) is 12.1 Å². The standard InChI is InChI=1S/C9H8F5NO/c10-5-1-4(2-6(11)7(5)12)8(15)9(13,14)3-16/h1-2,8,16H,3,15H2/t8-/m0/s1. The molecule has 0 bridgehead atoms. The van der Waals surface area contributed by atoms with Gasteiger partial charge in [-0.25, -0.2) is 22.0 Å². The minimum atomic E-state index is -3.74. The molecule has 3 N–H and O–H groups in total. The van der Waals surface area contributed by atoms with Gasteiger partial charge in [0, 0.05) is 0 Å². The van der Waals surface area contributed by atoms with Crippen LogP contribution in [0.3, 0.4) is 0 Å². The zero-order chi connectivity index (χ0) is 12.5. The minimum Gasteiger partial charge on any atom is -0.390 e. The van der Waals surface area contributed by atoms with Crippen LogP contribution in [0.25, 0.3) is 0 Å². The van der Waals surface area contributed by atoms with Crippen LogP contribution in [0.1, 0.15) is 11.6 Å². The summed E-state index contributed by atoms with van der Waals surface area (Å²) in [5.74, 6) is -8.72. The summed E-state index contributed by atoms with van der Waals surface area (Å²) in [6, 6.07) is -1.37. The Kier molecular flexibility index (Phi) is 3.49. The molecular formula is C9H8F5NO. The van der Waals surface area contributed by atoms with Crippen molar-refractivity contribution < 1.29 is 27.1 Å². The van der Waals surface area contributed by atoms with Crippen LogP contribution in [0, 0.1) is 17.5 Å². The summed E-state index contributed by atoms with van der Waals surface area (Å²) in [6.07, 6.45) is 0. The molecule has 0 radical (unpaired) electrons. The summed E-state index contributed by atoms with van der Waals surface area (Å²) in [7, 11) is 0. The van der Waals surface area contributed by atoms with Crippen LogP contribution < -0.4 is 5.73 Å². The van der Waals surface area contributed by atoms with Crippen molar-refractivity contribution in [2.24, 2.45) is 5.73 Å². The molecule has 2 nitrogen and oxygen atoms in total. The lowest BCUT2D eigenvalue weighted by Gasteiger charge is -2.21. The topological polar surface area (TPSA) is 46.2 Å². The molecular weight excluding hydrogens is 233 g/mol. The van der Waals surface area contributed by atoms with Gasteiger partial charge in [0.1, 0.15) is 6.61 Å². The minimum absolute atomic E-state index is 0.368. The number of hydrogen-bond acceptors (Lipinski definition) is 2. The molecule has 0 aliphatic carbocycles. The van der Waals surface area contributed by atoms with Crippen LogP contribution in [0.4, 0.5) is 22.0 Å². The third kappa shape index (κ3) is 2.30. The average Bonchev–Trinajstić information content (AvgIpc) is 2.24. The number of alkyl halides is 2. The highest BCUT2D eigenvalue weighted by molar-refractivity contribution is 5.24. The highest BCUT2D eigenvalue weighted by Gasteiger charge is 2.38. The van der Waals surface area contributed by atoms with Gasteiger partial charge >= 0.3 is 0 Å². The van der Waals surface area contributed by atoms with E-state index in [1.807, 2.05) is 0 Å². The molecule has 0 aliphatic heterocycles. The van der Waals surface area contributed by atoms with Gasteiger partial charge in [-0.1, -0.05) is 0 Å². The van der Waals surface area contributed by atoms with E-state index in [9.17, 15) is 22.0 Å². The van der Waals surface area contributed by atoms with E-state index in [1.54, 1.807) is 0 Å². The van der Waals surface area contributed by atoms with Crippen LogP contribution in [0.2, 0.25) is 0 Å². The van der Waals surface area contributed by atoms with Crippen molar-refractivity contribution in [3.05, 3.63) is 35.1 Å². The Morgan fingerprint density at radius 3 is 2.00 bits per heavy atom. The maximum atomic E-state index is 12.9. The lowest BCUT2D eigenvalue weighted by atomic mass is 10.0. The molecule has 0 saturated carbocycles. The third-order valence-corrected chi connectivity index (χ3v) is 2.03. The van der Waals surface area contributed by atoms with Crippen LogP contribution in [-0.4, -0.2) is 17.6 Å². The number of aliphatic hydroxyl groups excluding tert-OH is 1. The Labute approximate surface area is 87.5 Å². The number of halogens is 5. The van der Waals surface area contributed by atoms with Gasteiger partial charge in [-0.2, -0.15) is 0 Å². The molecule has 0 spiro atoms. The quantitative estimate of drug-likeness (QED) is 0.625. The molecule has 0 fully saturated rings. The normalized spacial score (nSPS) is 13.9. The largest absolute Gasteiger partial charge is 0.390 e. The van der Waals surface area contributed by atoms with E-state index >= 15 is 0 Å². The van der Waals surface area contributed by atoms with E-state index < -0.39 is 41.6 Å². The van der Waals surface area contributed by atoms with E-state index in [-0.39, 0.29) is 0 Å². The Morgan fingerprint density at radius 2 is 1.62 bits per heavy atom. The summed E-state index contributed by atoms with van der Waals surface area (Å²) < 4.78 is 63.7. The molecule has 1 aromatic rings. The average molecular weight is 241 g/mol. The van der Waals surface area contributed by atoms with Crippen LogP contribution >= 0.6 is 0 Å². The Balaban J connectivity index is 3.15. The Bertz CT molecular complexity index is 372. The monoisotopic (exact) mass is 241 g/mol. The maximum Gasteiger partial charge on any atom is 0.289 e.